The standard InChI is InChI=1S/C26H33NO4/c1-30-20-12-13-23(31-2)21(18-20)25-22-10-6-7-15-26(22,29)16-17-27(25)24(28)14-11-19-8-4-3-5-9-19/h3-5,8-9,12-13,18,22,25,29H,6-7,10-11,14-17H2,1-2H3/t22-,25+,26-/m1/s1. The molecule has 2 aromatic rings. The third-order valence-electron chi connectivity index (χ3n) is 7.11. The van der Waals surface area contributed by atoms with Crippen molar-refractivity contribution in [3.8, 4) is 11.5 Å². The number of rotatable bonds is 6. The smallest absolute Gasteiger partial charge is 0.223 e. The van der Waals surface area contributed by atoms with E-state index in [4.69, 9.17) is 9.47 Å². The van der Waals surface area contributed by atoms with E-state index in [1.165, 1.54) is 0 Å². The molecule has 1 aliphatic heterocycles. The van der Waals surface area contributed by atoms with Crippen LogP contribution in [0.3, 0.4) is 0 Å². The number of benzene rings is 2. The zero-order valence-corrected chi connectivity index (χ0v) is 18.5. The molecule has 0 radical (unpaired) electrons. The molecule has 3 atom stereocenters. The summed E-state index contributed by atoms with van der Waals surface area (Å²) in [6.45, 7) is 0.561. The summed E-state index contributed by atoms with van der Waals surface area (Å²) in [7, 11) is 3.30. The Kier molecular flexibility index (Phi) is 6.51. The Morgan fingerprint density at radius 2 is 1.90 bits per heavy atom. The van der Waals surface area contributed by atoms with E-state index >= 15 is 0 Å². The SMILES string of the molecule is COc1ccc(OC)c([C@H]2[C@H]3CCCC[C@@]3(O)CCN2C(=O)CCc2ccccc2)c1. The number of carbonyl (C=O) groups is 1. The number of methoxy groups -OCH3 is 2. The number of aliphatic hydroxyl groups is 1. The molecule has 0 unspecified atom stereocenters. The van der Waals surface area contributed by atoms with E-state index in [0.717, 1.165) is 48.3 Å². The summed E-state index contributed by atoms with van der Waals surface area (Å²) in [4.78, 5) is 15.5. The quantitative estimate of drug-likeness (QED) is 0.742. The maximum absolute atomic E-state index is 13.5. The highest BCUT2D eigenvalue weighted by atomic mass is 16.5. The molecule has 2 aliphatic rings. The van der Waals surface area contributed by atoms with Gasteiger partial charge < -0.3 is 19.5 Å². The predicted molar refractivity (Wildman–Crippen MR) is 120 cm³/mol. The van der Waals surface area contributed by atoms with Crippen LogP contribution in [0.15, 0.2) is 48.5 Å². The molecule has 31 heavy (non-hydrogen) atoms. The molecule has 1 aliphatic carbocycles. The summed E-state index contributed by atoms with van der Waals surface area (Å²) < 4.78 is 11.2. The van der Waals surface area contributed by atoms with Crippen LogP contribution in [0.25, 0.3) is 0 Å². The molecule has 1 heterocycles. The Morgan fingerprint density at radius 1 is 1.10 bits per heavy atom. The largest absolute Gasteiger partial charge is 0.497 e. The molecule has 1 saturated carbocycles. The molecule has 0 aromatic heterocycles. The normalized spacial score (nSPS) is 25.6. The van der Waals surface area contributed by atoms with E-state index in [2.05, 4.69) is 12.1 Å². The van der Waals surface area contributed by atoms with Crippen molar-refractivity contribution < 1.29 is 19.4 Å². The minimum atomic E-state index is -0.729. The topological polar surface area (TPSA) is 59.0 Å². The average Bonchev–Trinajstić information content (AvgIpc) is 2.81. The van der Waals surface area contributed by atoms with Gasteiger partial charge in [0.2, 0.25) is 5.91 Å². The van der Waals surface area contributed by atoms with Crippen LogP contribution in [-0.4, -0.2) is 42.3 Å². The van der Waals surface area contributed by atoms with Gasteiger partial charge in [0.25, 0.3) is 0 Å². The van der Waals surface area contributed by atoms with Crippen LogP contribution in [0.2, 0.25) is 0 Å². The molecule has 0 bridgehead atoms. The zero-order valence-electron chi connectivity index (χ0n) is 18.5. The lowest BCUT2D eigenvalue weighted by Gasteiger charge is -2.52. The Bertz CT molecular complexity index is 900. The maximum atomic E-state index is 13.5. The van der Waals surface area contributed by atoms with Crippen LogP contribution in [-0.2, 0) is 11.2 Å². The van der Waals surface area contributed by atoms with Gasteiger partial charge in [-0.25, -0.2) is 0 Å². The minimum absolute atomic E-state index is 0.00307. The highest BCUT2D eigenvalue weighted by Crippen LogP contribution is 2.51. The van der Waals surface area contributed by atoms with Crippen molar-refractivity contribution in [1.82, 2.24) is 4.90 Å². The first-order valence-corrected chi connectivity index (χ1v) is 11.3. The van der Waals surface area contributed by atoms with Crippen molar-refractivity contribution in [2.45, 2.75) is 56.6 Å². The summed E-state index contributed by atoms with van der Waals surface area (Å²) in [5.74, 6) is 1.60. The van der Waals surface area contributed by atoms with Crippen LogP contribution in [0, 0.1) is 5.92 Å². The van der Waals surface area contributed by atoms with Crippen molar-refractivity contribution in [3.05, 3.63) is 59.7 Å². The molecule has 0 spiro atoms. The summed E-state index contributed by atoms with van der Waals surface area (Å²) >= 11 is 0. The second-order valence-electron chi connectivity index (χ2n) is 8.83. The third-order valence-corrected chi connectivity index (χ3v) is 7.11. The molecule has 2 fully saturated rings. The van der Waals surface area contributed by atoms with Crippen LogP contribution in [0.1, 0.15) is 55.7 Å². The van der Waals surface area contributed by atoms with Gasteiger partial charge in [-0.05, 0) is 49.4 Å². The number of piperidine rings is 1. The highest BCUT2D eigenvalue weighted by molar-refractivity contribution is 5.77. The lowest BCUT2D eigenvalue weighted by atomic mass is 9.66. The fourth-order valence-corrected chi connectivity index (χ4v) is 5.46. The average molecular weight is 424 g/mol. The number of nitrogens with zero attached hydrogens (tertiary/aromatic N) is 1. The Balaban J connectivity index is 1.67. The molecular weight excluding hydrogens is 390 g/mol. The van der Waals surface area contributed by atoms with Crippen LogP contribution in [0.5, 0.6) is 11.5 Å². The van der Waals surface area contributed by atoms with Crippen molar-refractivity contribution in [3.63, 3.8) is 0 Å². The molecule has 166 valence electrons. The van der Waals surface area contributed by atoms with Gasteiger partial charge in [-0.1, -0.05) is 43.2 Å². The summed E-state index contributed by atoms with van der Waals surface area (Å²) in [5.41, 5.74) is 1.37. The monoisotopic (exact) mass is 423 g/mol. The van der Waals surface area contributed by atoms with Gasteiger partial charge in [0.15, 0.2) is 0 Å². The first-order chi connectivity index (χ1) is 15.1. The summed E-state index contributed by atoms with van der Waals surface area (Å²) in [6, 6.07) is 15.7. The second kappa shape index (κ2) is 9.31. The van der Waals surface area contributed by atoms with Crippen molar-refractivity contribution in [2.24, 2.45) is 5.92 Å². The van der Waals surface area contributed by atoms with Gasteiger partial charge in [-0.3, -0.25) is 4.79 Å². The summed E-state index contributed by atoms with van der Waals surface area (Å²) in [5, 5.41) is 11.5. The van der Waals surface area contributed by atoms with Gasteiger partial charge in [0.1, 0.15) is 11.5 Å². The van der Waals surface area contributed by atoms with Gasteiger partial charge in [-0.15, -0.1) is 0 Å². The van der Waals surface area contributed by atoms with E-state index in [1.54, 1.807) is 14.2 Å². The molecule has 1 N–H and O–H groups in total. The number of amides is 1. The molecule has 4 rings (SSSR count). The van der Waals surface area contributed by atoms with Gasteiger partial charge in [0, 0.05) is 24.4 Å². The Labute approximate surface area is 185 Å². The van der Waals surface area contributed by atoms with Crippen molar-refractivity contribution >= 4 is 5.91 Å². The number of aryl methyl sites for hydroxylation is 1. The van der Waals surface area contributed by atoms with E-state index in [9.17, 15) is 9.90 Å². The Hall–Kier alpha value is -2.53. The number of likely N-dealkylation sites (tertiary alicyclic amines) is 1. The van der Waals surface area contributed by atoms with E-state index in [0.29, 0.717) is 25.8 Å². The fourth-order valence-electron chi connectivity index (χ4n) is 5.46. The summed E-state index contributed by atoms with van der Waals surface area (Å²) in [6.07, 6.45) is 5.62. The number of hydrogen-bond donors (Lipinski definition) is 1. The van der Waals surface area contributed by atoms with Gasteiger partial charge in [-0.2, -0.15) is 0 Å². The third kappa shape index (κ3) is 4.42. The van der Waals surface area contributed by atoms with Gasteiger partial charge >= 0.3 is 0 Å². The minimum Gasteiger partial charge on any atom is -0.497 e. The molecule has 5 heteroatoms. The van der Waals surface area contributed by atoms with E-state index in [-0.39, 0.29) is 17.9 Å². The van der Waals surface area contributed by atoms with Crippen molar-refractivity contribution in [2.75, 3.05) is 20.8 Å². The molecule has 1 saturated heterocycles. The van der Waals surface area contributed by atoms with Crippen LogP contribution >= 0.6 is 0 Å². The first kappa shape index (κ1) is 21.7. The van der Waals surface area contributed by atoms with Gasteiger partial charge in [0.05, 0.1) is 25.9 Å². The molecule has 5 nitrogen and oxygen atoms in total. The van der Waals surface area contributed by atoms with Crippen LogP contribution < -0.4 is 9.47 Å². The predicted octanol–water partition coefficient (Wildman–Crippen LogP) is 4.53. The van der Waals surface area contributed by atoms with E-state index < -0.39 is 5.60 Å². The van der Waals surface area contributed by atoms with Crippen molar-refractivity contribution in [1.29, 1.82) is 0 Å². The number of fused-ring (bicyclic) bond motifs is 1. The molecule has 2 aromatic carbocycles. The Morgan fingerprint density at radius 3 is 2.65 bits per heavy atom. The molecule has 1 amide bonds. The molecular formula is C26H33NO4. The zero-order chi connectivity index (χ0) is 21.8. The maximum Gasteiger partial charge on any atom is 0.223 e. The number of carbonyl (C=O) groups excluding carboxylic acids is 1. The first-order valence-electron chi connectivity index (χ1n) is 11.3. The number of hydrogen-bond acceptors (Lipinski definition) is 4. The lowest BCUT2D eigenvalue weighted by Crippen LogP contribution is -2.56. The van der Waals surface area contributed by atoms with Crippen LogP contribution in [0.4, 0.5) is 0 Å². The number of ether oxygens (including phenoxy) is 2. The second-order valence-corrected chi connectivity index (χ2v) is 8.83. The lowest BCUT2D eigenvalue weighted by molar-refractivity contribution is -0.155. The highest BCUT2D eigenvalue weighted by Gasteiger charge is 2.50. The fraction of sp³-hybridized carbons (Fsp3) is 0.500. The van der Waals surface area contributed by atoms with E-state index in [1.807, 2.05) is 41.3 Å².